The van der Waals surface area contributed by atoms with Crippen LogP contribution in [0.1, 0.15) is 35.8 Å². The zero-order valence-electron chi connectivity index (χ0n) is 10.3. The van der Waals surface area contributed by atoms with Gasteiger partial charge in [-0.3, -0.25) is 4.79 Å². The van der Waals surface area contributed by atoms with Gasteiger partial charge in [-0.05, 0) is 51.4 Å². The lowest BCUT2D eigenvalue weighted by atomic mass is 9.90. The first-order valence-electron chi connectivity index (χ1n) is 5.92. The molecule has 0 unspecified atom stereocenters. The lowest BCUT2D eigenvalue weighted by molar-refractivity contribution is 0.0880. The topological polar surface area (TPSA) is 66.9 Å². The van der Waals surface area contributed by atoms with E-state index in [0.29, 0.717) is 5.69 Å². The van der Waals surface area contributed by atoms with E-state index in [2.05, 4.69) is 27.8 Å². The van der Waals surface area contributed by atoms with Crippen LogP contribution in [0.2, 0.25) is 0 Å². The smallest absolute Gasteiger partial charge is 0.272 e. The van der Waals surface area contributed by atoms with Crippen molar-refractivity contribution in [3.8, 4) is 0 Å². The van der Waals surface area contributed by atoms with Crippen molar-refractivity contribution >= 4 is 5.91 Å². The van der Waals surface area contributed by atoms with Gasteiger partial charge in [0.15, 0.2) is 5.69 Å². The van der Waals surface area contributed by atoms with Gasteiger partial charge in [0.25, 0.3) is 5.91 Å². The van der Waals surface area contributed by atoms with Crippen LogP contribution >= 0.6 is 0 Å². The van der Waals surface area contributed by atoms with Crippen molar-refractivity contribution < 1.29 is 4.79 Å². The van der Waals surface area contributed by atoms with Gasteiger partial charge in [0.05, 0.1) is 0 Å². The number of aromatic nitrogens is 2. The largest absolute Gasteiger partial charge is 0.345 e. The SMILES string of the molecule is Cc1ccnnc1C(=O)NC1(C)CCNCC1. The van der Waals surface area contributed by atoms with E-state index < -0.39 is 0 Å². The Labute approximate surface area is 101 Å². The molecule has 1 aliphatic heterocycles. The minimum absolute atomic E-state index is 0.125. The van der Waals surface area contributed by atoms with Crippen molar-refractivity contribution in [1.82, 2.24) is 20.8 Å². The second kappa shape index (κ2) is 4.79. The number of amides is 1. The van der Waals surface area contributed by atoms with Gasteiger partial charge in [0.2, 0.25) is 0 Å². The van der Waals surface area contributed by atoms with Gasteiger partial charge < -0.3 is 10.6 Å². The molecule has 1 aliphatic rings. The summed E-state index contributed by atoms with van der Waals surface area (Å²) in [6, 6.07) is 1.80. The van der Waals surface area contributed by atoms with E-state index >= 15 is 0 Å². The summed E-state index contributed by atoms with van der Waals surface area (Å²) in [5.74, 6) is -0.125. The highest BCUT2D eigenvalue weighted by Crippen LogP contribution is 2.18. The Balaban J connectivity index is 2.09. The highest BCUT2D eigenvalue weighted by atomic mass is 16.2. The maximum atomic E-state index is 12.1. The monoisotopic (exact) mass is 234 g/mol. The van der Waals surface area contributed by atoms with E-state index in [1.165, 1.54) is 0 Å². The molecule has 1 aromatic heterocycles. The lowest BCUT2D eigenvalue weighted by Gasteiger charge is -2.34. The van der Waals surface area contributed by atoms with Crippen LogP contribution in [0.15, 0.2) is 12.3 Å². The van der Waals surface area contributed by atoms with Crippen molar-refractivity contribution in [3.05, 3.63) is 23.5 Å². The van der Waals surface area contributed by atoms with Crippen LogP contribution in [0.4, 0.5) is 0 Å². The molecule has 92 valence electrons. The van der Waals surface area contributed by atoms with E-state index in [1.807, 2.05) is 6.92 Å². The van der Waals surface area contributed by atoms with E-state index in [4.69, 9.17) is 0 Å². The van der Waals surface area contributed by atoms with Gasteiger partial charge in [-0.15, -0.1) is 5.10 Å². The molecule has 1 aromatic rings. The van der Waals surface area contributed by atoms with Crippen LogP contribution in [-0.4, -0.2) is 34.7 Å². The zero-order valence-corrected chi connectivity index (χ0v) is 10.3. The summed E-state index contributed by atoms with van der Waals surface area (Å²) in [5, 5.41) is 14.0. The van der Waals surface area contributed by atoms with Crippen molar-refractivity contribution in [1.29, 1.82) is 0 Å². The fourth-order valence-electron chi connectivity index (χ4n) is 2.06. The number of aryl methyl sites for hydroxylation is 1. The van der Waals surface area contributed by atoms with Crippen LogP contribution in [0.5, 0.6) is 0 Å². The molecule has 0 spiro atoms. The Kier molecular flexibility index (Phi) is 3.38. The summed E-state index contributed by atoms with van der Waals surface area (Å²) < 4.78 is 0. The highest BCUT2D eigenvalue weighted by molar-refractivity contribution is 5.93. The number of carbonyl (C=O) groups is 1. The molecule has 2 N–H and O–H groups in total. The van der Waals surface area contributed by atoms with Crippen LogP contribution in [-0.2, 0) is 0 Å². The Morgan fingerprint density at radius 3 is 2.82 bits per heavy atom. The number of nitrogens with zero attached hydrogens (tertiary/aromatic N) is 2. The molecule has 1 amide bonds. The summed E-state index contributed by atoms with van der Waals surface area (Å²) in [6.45, 7) is 5.83. The number of hydrogen-bond acceptors (Lipinski definition) is 4. The molecule has 0 radical (unpaired) electrons. The quantitative estimate of drug-likeness (QED) is 0.788. The molecule has 0 atom stereocenters. The van der Waals surface area contributed by atoms with Gasteiger partial charge in [0.1, 0.15) is 0 Å². The number of piperidine rings is 1. The average Bonchev–Trinajstić information content (AvgIpc) is 2.29. The Bertz CT molecular complexity index is 413. The molecule has 2 heterocycles. The lowest BCUT2D eigenvalue weighted by Crippen LogP contribution is -2.52. The minimum Gasteiger partial charge on any atom is -0.345 e. The third-order valence-electron chi connectivity index (χ3n) is 3.26. The molecule has 0 aromatic carbocycles. The molecule has 2 rings (SSSR count). The fraction of sp³-hybridized carbons (Fsp3) is 0.583. The van der Waals surface area contributed by atoms with Gasteiger partial charge in [-0.25, -0.2) is 0 Å². The first-order valence-corrected chi connectivity index (χ1v) is 5.92. The molecule has 0 bridgehead atoms. The van der Waals surface area contributed by atoms with E-state index in [-0.39, 0.29) is 11.4 Å². The molecule has 5 heteroatoms. The maximum Gasteiger partial charge on any atom is 0.272 e. The summed E-state index contributed by atoms with van der Waals surface area (Å²) in [4.78, 5) is 12.1. The maximum absolute atomic E-state index is 12.1. The van der Waals surface area contributed by atoms with Gasteiger partial charge in [-0.2, -0.15) is 5.10 Å². The van der Waals surface area contributed by atoms with Gasteiger partial charge in [-0.1, -0.05) is 0 Å². The van der Waals surface area contributed by atoms with Crippen LogP contribution in [0.25, 0.3) is 0 Å². The summed E-state index contributed by atoms with van der Waals surface area (Å²) in [7, 11) is 0. The third kappa shape index (κ3) is 2.79. The van der Waals surface area contributed by atoms with E-state index in [9.17, 15) is 4.79 Å². The zero-order chi connectivity index (χ0) is 12.3. The number of carbonyl (C=O) groups excluding carboxylic acids is 1. The van der Waals surface area contributed by atoms with Crippen LogP contribution in [0.3, 0.4) is 0 Å². The molecule has 0 saturated carbocycles. The molecule has 0 aliphatic carbocycles. The van der Waals surface area contributed by atoms with Crippen molar-refractivity contribution in [2.45, 2.75) is 32.2 Å². The molecule has 5 nitrogen and oxygen atoms in total. The molecule has 1 fully saturated rings. The van der Waals surface area contributed by atoms with Crippen LogP contribution < -0.4 is 10.6 Å². The third-order valence-corrected chi connectivity index (χ3v) is 3.26. The first-order chi connectivity index (χ1) is 8.11. The first kappa shape index (κ1) is 12.0. The standard InChI is InChI=1S/C12H18N4O/c1-9-3-6-14-16-10(9)11(17)15-12(2)4-7-13-8-5-12/h3,6,13H,4-5,7-8H2,1-2H3,(H,15,17). The highest BCUT2D eigenvalue weighted by Gasteiger charge is 2.29. The molecule has 1 saturated heterocycles. The van der Waals surface area contributed by atoms with Crippen molar-refractivity contribution in [3.63, 3.8) is 0 Å². The average molecular weight is 234 g/mol. The summed E-state index contributed by atoms with van der Waals surface area (Å²) >= 11 is 0. The molecular formula is C12H18N4O. The number of rotatable bonds is 2. The molecular weight excluding hydrogens is 216 g/mol. The second-order valence-corrected chi connectivity index (χ2v) is 4.83. The molecule has 17 heavy (non-hydrogen) atoms. The van der Waals surface area contributed by atoms with Crippen LogP contribution in [0, 0.1) is 6.92 Å². The predicted molar refractivity (Wildman–Crippen MR) is 64.7 cm³/mol. The number of nitrogens with one attached hydrogen (secondary N) is 2. The van der Waals surface area contributed by atoms with Gasteiger partial charge >= 0.3 is 0 Å². The van der Waals surface area contributed by atoms with Gasteiger partial charge in [0, 0.05) is 11.7 Å². The Morgan fingerprint density at radius 1 is 1.47 bits per heavy atom. The Hall–Kier alpha value is -1.49. The van der Waals surface area contributed by atoms with Crippen molar-refractivity contribution in [2.24, 2.45) is 0 Å². The predicted octanol–water partition coefficient (Wildman–Crippen LogP) is 0.657. The van der Waals surface area contributed by atoms with Crippen molar-refractivity contribution in [2.75, 3.05) is 13.1 Å². The second-order valence-electron chi connectivity index (χ2n) is 4.83. The summed E-state index contributed by atoms with van der Waals surface area (Å²) in [6.07, 6.45) is 3.48. The Morgan fingerprint density at radius 2 is 2.18 bits per heavy atom. The summed E-state index contributed by atoms with van der Waals surface area (Å²) in [5.41, 5.74) is 1.15. The normalized spacial score (nSPS) is 18.7. The van der Waals surface area contributed by atoms with E-state index in [0.717, 1.165) is 31.5 Å². The minimum atomic E-state index is -0.133. The van der Waals surface area contributed by atoms with E-state index in [1.54, 1.807) is 12.3 Å². The fourth-order valence-corrected chi connectivity index (χ4v) is 2.06. The number of hydrogen-bond donors (Lipinski definition) is 2.